The average molecular weight is 255 g/mol. The first-order chi connectivity index (χ1) is 8.74. The normalized spacial score (nSPS) is 14.8. The van der Waals surface area contributed by atoms with Gasteiger partial charge in [0.25, 0.3) is 0 Å². The fourth-order valence-corrected chi connectivity index (χ4v) is 1.64. The number of rotatable bonds is 7. The van der Waals surface area contributed by atoms with Crippen molar-refractivity contribution in [3.63, 3.8) is 0 Å². The quantitative estimate of drug-likeness (QED) is 0.424. The summed E-state index contributed by atoms with van der Waals surface area (Å²) < 4.78 is 9.71. The van der Waals surface area contributed by atoms with E-state index in [2.05, 4.69) is 12.2 Å². The topological polar surface area (TPSA) is 64.6 Å². The molecule has 0 spiro atoms. The van der Waals surface area contributed by atoms with Gasteiger partial charge in [0.05, 0.1) is 0 Å². The Bertz CT molecular complexity index is 312. The Balaban J connectivity index is 2.11. The van der Waals surface area contributed by atoms with Crippen LogP contribution in [0.4, 0.5) is 0 Å². The zero-order valence-electron chi connectivity index (χ0n) is 10.9. The number of ether oxygens (including phenoxy) is 2. The number of esters is 2. The van der Waals surface area contributed by atoms with Gasteiger partial charge >= 0.3 is 11.9 Å². The Kier molecular flexibility index (Phi) is 7.10. The molecule has 0 aromatic heterocycles. The number of carbonyl (C=O) groups excluding carboxylic acids is 2. The van der Waals surface area contributed by atoms with E-state index in [4.69, 9.17) is 9.47 Å². The second-order valence-electron chi connectivity index (χ2n) is 4.21. The highest BCUT2D eigenvalue weighted by atomic mass is 16.7. The van der Waals surface area contributed by atoms with Crippen molar-refractivity contribution in [1.82, 2.24) is 5.32 Å². The Morgan fingerprint density at radius 1 is 1.33 bits per heavy atom. The third-order valence-electron chi connectivity index (χ3n) is 2.72. The predicted octanol–water partition coefficient (Wildman–Crippen LogP) is 1.53. The molecule has 1 aliphatic heterocycles. The lowest BCUT2D eigenvalue weighted by molar-refractivity contribution is -0.164. The smallest absolute Gasteiger partial charge is 0.336 e. The summed E-state index contributed by atoms with van der Waals surface area (Å²) >= 11 is 0. The van der Waals surface area contributed by atoms with Crippen LogP contribution < -0.4 is 5.32 Å². The van der Waals surface area contributed by atoms with Crippen LogP contribution in [-0.4, -0.2) is 31.8 Å². The van der Waals surface area contributed by atoms with E-state index in [1.54, 1.807) is 6.08 Å². The van der Waals surface area contributed by atoms with Crippen molar-refractivity contribution in [2.75, 3.05) is 19.9 Å². The van der Waals surface area contributed by atoms with E-state index in [9.17, 15) is 9.59 Å². The standard InChI is InChI=1S/C13H21NO4/c1-2-3-4-5-12(15)17-10-18-13(16)11-6-8-14-9-7-11/h6,14H,2-5,7-10H2,1H3. The molecule has 0 radical (unpaired) electrons. The number of unbranched alkanes of at least 4 members (excludes halogenated alkanes) is 2. The maximum absolute atomic E-state index is 11.5. The van der Waals surface area contributed by atoms with E-state index < -0.39 is 5.97 Å². The molecular formula is C13H21NO4. The van der Waals surface area contributed by atoms with Crippen LogP contribution in [0.15, 0.2) is 11.6 Å². The monoisotopic (exact) mass is 255 g/mol. The maximum Gasteiger partial charge on any atom is 0.336 e. The molecule has 102 valence electrons. The molecule has 0 atom stereocenters. The van der Waals surface area contributed by atoms with E-state index >= 15 is 0 Å². The van der Waals surface area contributed by atoms with E-state index in [1.807, 2.05) is 0 Å². The van der Waals surface area contributed by atoms with E-state index in [0.29, 0.717) is 25.0 Å². The highest BCUT2D eigenvalue weighted by molar-refractivity contribution is 5.88. The van der Waals surface area contributed by atoms with Gasteiger partial charge in [0.1, 0.15) is 0 Å². The molecule has 0 aromatic carbocycles. The third kappa shape index (κ3) is 5.82. The molecule has 1 N–H and O–H groups in total. The van der Waals surface area contributed by atoms with Crippen LogP contribution in [0.1, 0.15) is 39.0 Å². The van der Waals surface area contributed by atoms with Gasteiger partial charge in [-0.05, 0) is 19.4 Å². The second-order valence-corrected chi connectivity index (χ2v) is 4.21. The van der Waals surface area contributed by atoms with Gasteiger partial charge in [0.2, 0.25) is 6.79 Å². The van der Waals surface area contributed by atoms with Crippen LogP contribution >= 0.6 is 0 Å². The molecule has 0 bridgehead atoms. The molecule has 5 heteroatoms. The summed E-state index contributed by atoms with van der Waals surface area (Å²) in [7, 11) is 0. The van der Waals surface area contributed by atoms with Crippen molar-refractivity contribution in [1.29, 1.82) is 0 Å². The van der Waals surface area contributed by atoms with Gasteiger partial charge < -0.3 is 14.8 Å². The summed E-state index contributed by atoms with van der Waals surface area (Å²) in [4.78, 5) is 22.8. The first-order valence-corrected chi connectivity index (χ1v) is 6.46. The van der Waals surface area contributed by atoms with Crippen molar-refractivity contribution in [3.05, 3.63) is 11.6 Å². The van der Waals surface area contributed by atoms with Crippen molar-refractivity contribution in [2.24, 2.45) is 0 Å². The summed E-state index contributed by atoms with van der Waals surface area (Å²) in [6, 6.07) is 0. The van der Waals surface area contributed by atoms with Gasteiger partial charge in [-0.15, -0.1) is 0 Å². The minimum absolute atomic E-state index is 0.283. The summed E-state index contributed by atoms with van der Waals surface area (Å²) in [5.41, 5.74) is 0.649. The minimum atomic E-state index is -0.391. The van der Waals surface area contributed by atoms with Gasteiger partial charge in [-0.25, -0.2) is 4.79 Å². The average Bonchev–Trinajstić information content (AvgIpc) is 2.40. The summed E-state index contributed by atoms with van der Waals surface area (Å²) in [5, 5.41) is 3.10. The highest BCUT2D eigenvalue weighted by Gasteiger charge is 2.13. The van der Waals surface area contributed by atoms with Crippen LogP contribution in [-0.2, 0) is 19.1 Å². The number of nitrogens with one attached hydrogen (secondary N) is 1. The van der Waals surface area contributed by atoms with Gasteiger partial charge in [-0.1, -0.05) is 25.8 Å². The molecule has 18 heavy (non-hydrogen) atoms. The maximum atomic E-state index is 11.5. The first-order valence-electron chi connectivity index (χ1n) is 6.46. The molecule has 5 nitrogen and oxygen atoms in total. The van der Waals surface area contributed by atoms with Gasteiger partial charge in [0.15, 0.2) is 0 Å². The molecule has 1 aliphatic rings. The van der Waals surface area contributed by atoms with Crippen molar-refractivity contribution < 1.29 is 19.1 Å². The van der Waals surface area contributed by atoms with Crippen LogP contribution in [0.3, 0.4) is 0 Å². The molecule has 0 unspecified atom stereocenters. The van der Waals surface area contributed by atoms with Gasteiger partial charge in [-0.2, -0.15) is 0 Å². The van der Waals surface area contributed by atoms with Crippen LogP contribution in [0.2, 0.25) is 0 Å². The number of hydrogen-bond acceptors (Lipinski definition) is 5. The molecule has 0 amide bonds. The highest BCUT2D eigenvalue weighted by Crippen LogP contribution is 2.07. The molecular weight excluding hydrogens is 234 g/mol. The van der Waals surface area contributed by atoms with Crippen molar-refractivity contribution in [2.45, 2.75) is 39.0 Å². The summed E-state index contributed by atoms with van der Waals surface area (Å²) in [6.07, 6.45) is 5.73. The molecule has 0 saturated heterocycles. The lowest BCUT2D eigenvalue weighted by Gasteiger charge is -2.13. The summed E-state index contributed by atoms with van der Waals surface area (Å²) in [5.74, 6) is -0.701. The molecule has 0 saturated carbocycles. The Morgan fingerprint density at radius 2 is 2.17 bits per heavy atom. The van der Waals surface area contributed by atoms with Crippen molar-refractivity contribution in [3.8, 4) is 0 Å². The van der Waals surface area contributed by atoms with Crippen LogP contribution in [0.5, 0.6) is 0 Å². The SMILES string of the molecule is CCCCCC(=O)OCOC(=O)C1=CCNCC1. The zero-order valence-corrected chi connectivity index (χ0v) is 10.9. The lowest BCUT2D eigenvalue weighted by atomic mass is 10.1. The van der Waals surface area contributed by atoms with E-state index in [-0.39, 0.29) is 12.8 Å². The zero-order chi connectivity index (χ0) is 13.2. The third-order valence-corrected chi connectivity index (χ3v) is 2.72. The van der Waals surface area contributed by atoms with Gasteiger partial charge in [0, 0.05) is 18.5 Å². The van der Waals surface area contributed by atoms with Crippen LogP contribution in [0.25, 0.3) is 0 Å². The predicted molar refractivity (Wildman–Crippen MR) is 66.8 cm³/mol. The molecule has 0 fully saturated rings. The lowest BCUT2D eigenvalue weighted by Crippen LogP contribution is -2.24. The van der Waals surface area contributed by atoms with Crippen molar-refractivity contribution >= 4 is 11.9 Å². The van der Waals surface area contributed by atoms with E-state index in [0.717, 1.165) is 25.8 Å². The largest absolute Gasteiger partial charge is 0.428 e. The second kappa shape index (κ2) is 8.69. The number of hydrogen-bond donors (Lipinski definition) is 1. The van der Waals surface area contributed by atoms with Crippen LogP contribution in [0, 0.1) is 0 Å². The fraction of sp³-hybridized carbons (Fsp3) is 0.692. The number of carbonyl (C=O) groups is 2. The summed E-state index contributed by atoms with van der Waals surface area (Å²) in [6.45, 7) is 3.24. The molecule has 1 rings (SSSR count). The van der Waals surface area contributed by atoms with E-state index in [1.165, 1.54) is 0 Å². The minimum Gasteiger partial charge on any atom is -0.428 e. The Morgan fingerprint density at radius 3 is 2.83 bits per heavy atom. The fourth-order valence-electron chi connectivity index (χ4n) is 1.64. The Labute approximate surface area is 108 Å². The molecule has 1 heterocycles. The molecule has 0 aliphatic carbocycles. The van der Waals surface area contributed by atoms with Gasteiger partial charge in [-0.3, -0.25) is 4.79 Å². The Hall–Kier alpha value is -1.36. The first kappa shape index (κ1) is 14.7. The molecule has 0 aromatic rings.